The van der Waals surface area contributed by atoms with Crippen LogP contribution >= 0.6 is 0 Å². The molecule has 1 aromatic rings. The van der Waals surface area contributed by atoms with E-state index in [1.165, 1.54) is 43.5 Å². The van der Waals surface area contributed by atoms with Crippen molar-refractivity contribution in [1.82, 2.24) is 4.90 Å². The predicted octanol–water partition coefficient (Wildman–Crippen LogP) is 3.30. The highest BCUT2D eigenvalue weighted by molar-refractivity contribution is 5.55. The van der Waals surface area contributed by atoms with Gasteiger partial charge >= 0.3 is 0 Å². The molecular formula is C17H26N2O. The van der Waals surface area contributed by atoms with Gasteiger partial charge in [-0.05, 0) is 69.8 Å². The number of hydrogen-bond donors (Lipinski definition) is 1. The number of likely N-dealkylation sites (tertiary alicyclic amines) is 1. The van der Waals surface area contributed by atoms with Crippen LogP contribution in [0.15, 0.2) is 18.2 Å². The maximum Gasteiger partial charge on any atom is 0.120 e. The monoisotopic (exact) mass is 274 g/mol. The Labute approximate surface area is 122 Å². The van der Waals surface area contributed by atoms with Gasteiger partial charge in [0.25, 0.3) is 0 Å². The summed E-state index contributed by atoms with van der Waals surface area (Å²) in [5.74, 6) is 1.04. The Morgan fingerprint density at radius 1 is 1.30 bits per heavy atom. The van der Waals surface area contributed by atoms with E-state index >= 15 is 0 Å². The van der Waals surface area contributed by atoms with Gasteiger partial charge in [0.15, 0.2) is 0 Å². The minimum atomic E-state index is 0.348. The van der Waals surface area contributed by atoms with Crippen LogP contribution in [0.2, 0.25) is 0 Å². The molecule has 0 saturated carbocycles. The highest BCUT2D eigenvalue weighted by Gasteiger charge is 2.23. The first kappa shape index (κ1) is 13.7. The molecule has 1 aromatic carbocycles. The number of nitrogens with one attached hydrogen (secondary N) is 1. The van der Waals surface area contributed by atoms with Crippen LogP contribution in [0.3, 0.4) is 0 Å². The Balaban J connectivity index is 1.65. The molecule has 0 radical (unpaired) electrons. The summed E-state index contributed by atoms with van der Waals surface area (Å²) < 4.78 is 6.23. The Morgan fingerprint density at radius 3 is 3.05 bits per heavy atom. The first-order valence-electron chi connectivity index (χ1n) is 8.00. The fraction of sp³-hybridized carbons (Fsp3) is 0.647. The standard InChI is InChI=1S/C17H26N2O/c1-13(2)19-10-4-6-16(12-19)20-15-7-8-17-14(11-15)5-3-9-18-17/h7-8,11,13,16,18H,3-6,9-10,12H2,1-2H3. The molecule has 2 heterocycles. The molecular weight excluding hydrogens is 248 g/mol. The fourth-order valence-corrected chi connectivity index (χ4v) is 3.25. The predicted molar refractivity (Wildman–Crippen MR) is 83.6 cm³/mol. The fourth-order valence-electron chi connectivity index (χ4n) is 3.25. The van der Waals surface area contributed by atoms with Crippen LogP contribution in [-0.2, 0) is 6.42 Å². The second-order valence-electron chi connectivity index (χ2n) is 6.32. The van der Waals surface area contributed by atoms with E-state index in [0.717, 1.165) is 18.8 Å². The van der Waals surface area contributed by atoms with Crippen molar-refractivity contribution in [2.24, 2.45) is 0 Å². The van der Waals surface area contributed by atoms with E-state index in [4.69, 9.17) is 4.74 Å². The smallest absolute Gasteiger partial charge is 0.120 e. The highest BCUT2D eigenvalue weighted by atomic mass is 16.5. The first-order valence-corrected chi connectivity index (χ1v) is 8.00. The van der Waals surface area contributed by atoms with E-state index in [9.17, 15) is 0 Å². The molecule has 1 N–H and O–H groups in total. The van der Waals surface area contributed by atoms with Crippen molar-refractivity contribution in [1.29, 1.82) is 0 Å². The lowest BCUT2D eigenvalue weighted by atomic mass is 10.0. The van der Waals surface area contributed by atoms with Crippen LogP contribution in [-0.4, -0.2) is 36.7 Å². The molecule has 3 nitrogen and oxygen atoms in total. The Bertz CT molecular complexity index is 458. The molecule has 0 bridgehead atoms. The van der Waals surface area contributed by atoms with Crippen molar-refractivity contribution >= 4 is 5.69 Å². The van der Waals surface area contributed by atoms with Crippen LogP contribution in [0, 0.1) is 0 Å². The zero-order valence-corrected chi connectivity index (χ0v) is 12.7. The summed E-state index contributed by atoms with van der Waals surface area (Å²) in [5.41, 5.74) is 2.70. The van der Waals surface area contributed by atoms with Crippen molar-refractivity contribution in [3.63, 3.8) is 0 Å². The maximum atomic E-state index is 6.23. The van der Waals surface area contributed by atoms with Crippen molar-refractivity contribution in [2.45, 2.75) is 51.7 Å². The third-order valence-corrected chi connectivity index (χ3v) is 4.46. The van der Waals surface area contributed by atoms with E-state index in [2.05, 4.69) is 42.3 Å². The molecule has 0 amide bonds. The zero-order chi connectivity index (χ0) is 13.9. The lowest BCUT2D eigenvalue weighted by Gasteiger charge is -2.35. The van der Waals surface area contributed by atoms with E-state index in [1.807, 2.05) is 0 Å². The Kier molecular flexibility index (Phi) is 4.16. The summed E-state index contributed by atoms with van der Waals surface area (Å²) in [6.07, 6.45) is 5.16. The van der Waals surface area contributed by atoms with Gasteiger partial charge in [0.2, 0.25) is 0 Å². The van der Waals surface area contributed by atoms with Gasteiger partial charge in [-0.3, -0.25) is 4.90 Å². The molecule has 110 valence electrons. The minimum absolute atomic E-state index is 0.348. The zero-order valence-electron chi connectivity index (χ0n) is 12.7. The molecule has 3 rings (SSSR count). The highest BCUT2D eigenvalue weighted by Crippen LogP contribution is 2.28. The van der Waals surface area contributed by atoms with Crippen LogP contribution < -0.4 is 10.1 Å². The summed E-state index contributed by atoms with van der Waals surface area (Å²) >= 11 is 0. The molecule has 1 unspecified atom stereocenters. The minimum Gasteiger partial charge on any atom is -0.489 e. The second-order valence-corrected chi connectivity index (χ2v) is 6.32. The third-order valence-electron chi connectivity index (χ3n) is 4.46. The largest absolute Gasteiger partial charge is 0.489 e. The van der Waals surface area contributed by atoms with Gasteiger partial charge in [0.1, 0.15) is 11.9 Å². The average molecular weight is 274 g/mol. The Hall–Kier alpha value is -1.22. The van der Waals surface area contributed by atoms with E-state index < -0.39 is 0 Å². The quantitative estimate of drug-likeness (QED) is 0.915. The average Bonchev–Trinajstić information content (AvgIpc) is 2.47. The number of piperidine rings is 1. The van der Waals surface area contributed by atoms with Crippen molar-refractivity contribution in [2.75, 3.05) is 25.0 Å². The van der Waals surface area contributed by atoms with Crippen LogP contribution in [0.4, 0.5) is 5.69 Å². The van der Waals surface area contributed by atoms with Gasteiger partial charge in [-0.2, -0.15) is 0 Å². The normalized spacial score (nSPS) is 23.2. The van der Waals surface area contributed by atoms with Gasteiger partial charge in [-0.25, -0.2) is 0 Å². The number of rotatable bonds is 3. The molecule has 1 fully saturated rings. The maximum absolute atomic E-state index is 6.23. The molecule has 0 spiro atoms. The molecule has 3 heteroatoms. The molecule has 2 aliphatic heterocycles. The molecule has 1 atom stereocenters. The van der Waals surface area contributed by atoms with Gasteiger partial charge < -0.3 is 10.1 Å². The summed E-state index contributed by atoms with van der Waals surface area (Å²) in [6, 6.07) is 7.14. The molecule has 0 aromatic heterocycles. The summed E-state index contributed by atoms with van der Waals surface area (Å²) in [5, 5.41) is 3.45. The molecule has 20 heavy (non-hydrogen) atoms. The lowest BCUT2D eigenvalue weighted by Crippen LogP contribution is -2.44. The SMILES string of the molecule is CC(C)N1CCCC(Oc2ccc3c(c2)CCCN3)C1. The number of ether oxygens (including phenoxy) is 1. The van der Waals surface area contributed by atoms with Gasteiger partial charge in [0, 0.05) is 24.8 Å². The van der Waals surface area contributed by atoms with Gasteiger partial charge in [-0.1, -0.05) is 0 Å². The summed E-state index contributed by atoms with van der Waals surface area (Å²) in [6.45, 7) is 7.91. The number of fused-ring (bicyclic) bond motifs is 1. The van der Waals surface area contributed by atoms with Gasteiger partial charge in [0.05, 0.1) is 0 Å². The topological polar surface area (TPSA) is 24.5 Å². The van der Waals surface area contributed by atoms with Gasteiger partial charge in [-0.15, -0.1) is 0 Å². The van der Waals surface area contributed by atoms with Crippen LogP contribution in [0.25, 0.3) is 0 Å². The van der Waals surface area contributed by atoms with E-state index in [0.29, 0.717) is 12.1 Å². The van der Waals surface area contributed by atoms with Crippen molar-refractivity contribution in [3.8, 4) is 5.75 Å². The van der Waals surface area contributed by atoms with Crippen molar-refractivity contribution < 1.29 is 4.74 Å². The Morgan fingerprint density at radius 2 is 2.20 bits per heavy atom. The van der Waals surface area contributed by atoms with Crippen LogP contribution in [0.5, 0.6) is 5.75 Å². The van der Waals surface area contributed by atoms with E-state index in [1.54, 1.807) is 0 Å². The number of nitrogens with zero attached hydrogens (tertiary/aromatic N) is 1. The number of aryl methyl sites for hydroxylation is 1. The van der Waals surface area contributed by atoms with Crippen LogP contribution in [0.1, 0.15) is 38.7 Å². The third kappa shape index (κ3) is 3.09. The molecule has 1 saturated heterocycles. The van der Waals surface area contributed by atoms with E-state index in [-0.39, 0.29) is 0 Å². The summed E-state index contributed by atoms with van der Waals surface area (Å²) in [4.78, 5) is 2.52. The number of anilines is 1. The van der Waals surface area contributed by atoms with Crippen molar-refractivity contribution in [3.05, 3.63) is 23.8 Å². The second kappa shape index (κ2) is 6.04. The summed E-state index contributed by atoms with van der Waals surface area (Å²) in [7, 11) is 0. The number of hydrogen-bond acceptors (Lipinski definition) is 3. The number of benzene rings is 1. The molecule has 2 aliphatic rings. The lowest BCUT2D eigenvalue weighted by molar-refractivity contribution is 0.0706. The first-order chi connectivity index (χ1) is 9.72. The molecule has 0 aliphatic carbocycles.